The molecule has 0 radical (unpaired) electrons. The lowest BCUT2D eigenvalue weighted by molar-refractivity contribution is -0.180. The van der Waals surface area contributed by atoms with Gasteiger partial charge in [0.05, 0.1) is 13.2 Å². The van der Waals surface area contributed by atoms with Crippen molar-refractivity contribution >= 4 is 23.5 Å². The van der Waals surface area contributed by atoms with Crippen molar-refractivity contribution in [2.24, 2.45) is 5.41 Å². The van der Waals surface area contributed by atoms with Gasteiger partial charge in [0.1, 0.15) is 5.41 Å². The second-order valence-corrected chi connectivity index (χ2v) is 6.68. The van der Waals surface area contributed by atoms with Crippen LogP contribution in [0.2, 0.25) is 0 Å². The van der Waals surface area contributed by atoms with Gasteiger partial charge in [-0.15, -0.1) is 0 Å². The number of hydrogen-bond acceptors (Lipinski definition) is 5. The third-order valence-corrected chi connectivity index (χ3v) is 5.30. The van der Waals surface area contributed by atoms with Gasteiger partial charge in [0.15, 0.2) is 5.41 Å². The lowest BCUT2D eigenvalue weighted by Crippen LogP contribution is -2.61. The zero-order valence-electron chi connectivity index (χ0n) is 15.3. The Balaban J connectivity index is 2.32. The van der Waals surface area contributed by atoms with Gasteiger partial charge < -0.3 is 14.8 Å². The van der Waals surface area contributed by atoms with Crippen molar-refractivity contribution in [1.82, 2.24) is 0 Å². The standard InChI is InChI=1S/C20H23NO5/c1-4-25-17(23)19(18(24)26-5-2)11-10-13(3)12-20(19)14-8-6-7-9-15(14)21-16(20)22/h6-10H,4-5,11-12H2,1-3H3,(H,21,22)/t20-/m0/s1. The Morgan fingerprint density at radius 3 is 2.35 bits per heavy atom. The molecule has 138 valence electrons. The Labute approximate surface area is 152 Å². The van der Waals surface area contributed by atoms with E-state index in [0.717, 1.165) is 5.57 Å². The summed E-state index contributed by atoms with van der Waals surface area (Å²) in [6, 6.07) is 7.17. The summed E-state index contributed by atoms with van der Waals surface area (Å²) in [4.78, 5) is 39.5. The summed E-state index contributed by atoms with van der Waals surface area (Å²) in [5.74, 6) is -1.80. The van der Waals surface area contributed by atoms with Crippen LogP contribution in [0, 0.1) is 5.41 Å². The number of allylic oxidation sites excluding steroid dienone is 2. The number of para-hydroxylation sites is 1. The number of hydrogen-bond donors (Lipinski definition) is 1. The van der Waals surface area contributed by atoms with Crippen LogP contribution < -0.4 is 5.32 Å². The lowest BCUT2D eigenvalue weighted by Gasteiger charge is -2.45. The topological polar surface area (TPSA) is 81.7 Å². The molecule has 0 saturated heterocycles. The normalized spacial score (nSPS) is 23.0. The summed E-state index contributed by atoms with van der Waals surface area (Å²) in [5, 5.41) is 2.85. The van der Waals surface area contributed by atoms with Crippen LogP contribution in [0.5, 0.6) is 0 Å². The summed E-state index contributed by atoms with van der Waals surface area (Å²) in [5.41, 5.74) is -0.916. The SMILES string of the molecule is CCOC(=O)C1(C(=O)OCC)CC=C(C)C[C@]12C(=O)Nc1ccccc12. The zero-order chi connectivity index (χ0) is 18.9. The van der Waals surface area contributed by atoms with Crippen LogP contribution in [-0.4, -0.2) is 31.1 Å². The van der Waals surface area contributed by atoms with Crippen molar-refractivity contribution in [3.05, 3.63) is 41.5 Å². The van der Waals surface area contributed by atoms with Crippen molar-refractivity contribution in [3.63, 3.8) is 0 Å². The van der Waals surface area contributed by atoms with Crippen molar-refractivity contribution in [2.45, 2.75) is 39.0 Å². The Morgan fingerprint density at radius 1 is 1.12 bits per heavy atom. The summed E-state index contributed by atoms with van der Waals surface area (Å²) < 4.78 is 10.6. The first-order chi connectivity index (χ1) is 12.4. The molecule has 26 heavy (non-hydrogen) atoms. The Bertz CT molecular complexity index is 779. The van der Waals surface area contributed by atoms with Crippen LogP contribution in [0.15, 0.2) is 35.9 Å². The van der Waals surface area contributed by atoms with E-state index in [4.69, 9.17) is 9.47 Å². The van der Waals surface area contributed by atoms with Gasteiger partial charge in [0.2, 0.25) is 5.91 Å². The minimum Gasteiger partial charge on any atom is -0.465 e. The van der Waals surface area contributed by atoms with Gasteiger partial charge in [0, 0.05) is 5.69 Å². The second-order valence-electron chi connectivity index (χ2n) is 6.68. The zero-order valence-corrected chi connectivity index (χ0v) is 15.3. The van der Waals surface area contributed by atoms with Crippen molar-refractivity contribution < 1.29 is 23.9 Å². The molecule has 0 aromatic heterocycles. The second kappa shape index (κ2) is 6.59. The summed E-state index contributed by atoms with van der Waals surface area (Å²) in [7, 11) is 0. The highest BCUT2D eigenvalue weighted by Gasteiger charge is 2.70. The molecule has 1 aliphatic heterocycles. The molecule has 0 saturated carbocycles. The molecule has 1 N–H and O–H groups in total. The predicted molar refractivity (Wildman–Crippen MR) is 95.4 cm³/mol. The molecular weight excluding hydrogens is 334 g/mol. The average molecular weight is 357 g/mol. The number of nitrogens with one attached hydrogen (secondary N) is 1. The number of anilines is 1. The minimum atomic E-state index is -1.74. The summed E-state index contributed by atoms with van der Waals surface area (Å²) in [6.45, 7) is 5.48. The van der Waals surface area contributed by atoms with Gasteiger partial charge in [-0.2, -0.15) is 0 Å². The number of rotatable bonds is 4. The molecule has 1 aromatic carbocycles. The van der Waals surface area contributed by atoms with Crippen molar-refractivity contribution in [3.8, 4) is 0 Å². The molecule has 3 rings (SSSR count). The molecule has 6 nitrogen and oxygen atoms in total. The molecule has 2 aliphatic rings. The highest BCUT2D eigenvalue weighted by atomic mass is 16.6. The van der Waals surface area contributed by atoms with E-state index in [-0.39, 0.29) is 32.0 Å². The third kappa shape index (κ3) is 2.28. The van der Waals surface area contributed by atoms with Gasteiger partial charge in [-0.25, -0.2) is 0 Å². The first-order valence-electron chi connectivity index (χ1n) is 8.85. The van der Waals surface area contributed by atoms with Crippen LogP contribution in [0.1, 0.15) is 39.2 Å². The Hall–Kier alpha value is -2.63. The number of fused-ring (bicyclic) bond motifs is 2. The number of benzene rings is 1. The highest BCUT2D eigenvalue weighted by molar-refractivity contribution is 6.16. The van der Waals surface area contributed by atoms with E-state index < -0.39 is 22.8 Å². The van der Waals surface area contributed by atoms with Crippen LogP contribution in [0.25, 0.3) is 0 Å². The largest absolute Gasteiger partial charge is 0.465 e. The van der Waals surface area contributed by atoms with E-state index in [1.54, 1.807) is 38.1 Å². The van der Waals surface area contributed by atoms with Gasteiger partial charge in [-0.05, 0) is 45.2 Å². The molecular formula is C20H23NO5. The monoisotopic (exact) mass is 357 g/mol. The highest BCUT2D eigenvalue weighted by Crippen LogP contribution is 2.58. The maximum atomic E-state index is 13.2. The van der Waals surface area contributed by atoms with Crippen molar-refractivity contribution in [1.29, 1.82) is 0 Å². The molecule has 1 aliphatic carbocycles. The van der Waals surface area contributed by atoms with E-state index >= 15 is 0 Å². The fourth-order valence-electron chi connectivity index (χ4n) is 4.16. The Morgan fingerprint density at radius 2 is 1.73 bits per heavy atom. The number of ether oxygens (including phenoxy) is 2. The van der Waals surface area contributed by atoms with Crippen LogP contribution in [0.3, 0.4) is 0 Å². The predicted octanol–water partition coefficient (Wildman–Crippen LogP) is 2.73. The van der Waals surface area contributed by atoms with Gasteiger partial charge in [0.25, 0.3) is 0 Å². The quantitative estimate of drug-likeness (QED) is 0.509. The van der Waals surface area contributed by atoms with Gasteiger partial charge in [-0.1, -0.05) is 29.8 Å². The van der Waals surface area contributed by atoms with E-state index in [9.17, 15) is 14.4 Å². The molecule has 1 atom stereocenters. The molecule has 1 heterocycles. The lowest BCUT2D eigenvalue weighted by atomic mass is 9.53. The summed E-state index contributed by atoms with van der Waals surface area (Å²) >= 11 is 0. The van der Waals surface area contributed by atoms with Crippen LogP contribution >= 0.6 is 0 Å². The van der Waals surface area contributed by atoms with E-state index in [0.29, 0.717) is 11.3 Å². The number of amides is 1. The smallest absolute Gasteiger partial charge is 0.325 e. The molecule has 6 heteroatoms. The maximum absolute atomic E-state index is 13.2. The molecule has 1 amide bonds. The van der Waals surface area contributed by atoms with E-state index in [1.807, 2.05) is 13.0 Å². The molecule has 0 bridgehead atoms. The van der Waals surface area contributed by atoms with Crippen molar-refractivity contribution in [2.75, 3.05) is 18.5 Å². The van der Waals surface area contributed by atoms with E-state index in [1.165, 1.54) is 0 Å². The Kier molecular flexibility index (Phi) is 4.61. The average Bonchev–Trinajstić information content (AvgIpc) is 2.88. The molecule has 1 spiro atoms. The number of carbonyl (C=O) groups excluding carboxylic acids is 3. The first kappa shape index (κ1) is 18.2. The number of esters is 2. The third-order valence-electron chi connectivity index (χ3n) is 5.30. The number of carbonyl (C=O) groups is 3. The van der Waals surface area contributed by atoms with Gasteiger partial charge >= 0.3 is 11.9 Å². The first-order valence-corrected chi connectivity index (χ1v) is 8.85. The molecule has 0 fully saturated rings. The minimum absolute atomic E-state index is 0.0677. The summed E-state index contributed by atoms with van der Waals surface area (Å²) in [6.07, 6.45) is 2.15. The fraction of sp³-hybridized carbons (Fsp3) is 0.450. The fourth-order valence-corrected chi connectivity index (χ4v) is 4.16. The van der Waals surface area contributed by atoms with Crippen LogP contribution in [-0.2, 0) is 29.3 Å². The molecule has 1 aromatic rings. The van der Waals surface area contributed by atoms with Crippen LogP contribution in [0.4, 0.5) is 5.69 Å². The molecule has 0 unspecified atom stereocenters. The maximum Gasteiger partial charge on any atom is 0.325 e. The van der Waals surface area contributed by atoms with Gasteiger partial charge in [-0.3, -0.25) is 14.4 Å². The van der Waals surface area contributed by atoms with E-state index in [2.05, 4.69) is 5.32 Å².